The number of amides is 1. The molecule has 1 amide bonds. The molecule has 0 aromatic carbocycles. The van der Waals surface area contributed by atoms with Crippen molar-refractivity contribution in [3.05, 3.63) is 47.8 Å². The van der Waals surface area contributed by atoms with Crippen molar-refractivity contribution in [2.45, 2.75) is 31.9 Å². The largest absolute Gasteiger partial charge is 0.473 e. The summed E-state index contributed by atoms with van der Waals surface area (Å²) in [5, 5.41) is 3.01. The topological polar surface area (TPSA) is 67.4 Å². The molecule has 4 heterocycles. The minimum atomic E-state index is -0.167. The van der Waals surface area contributed by atoms with Crippen molar-refractivity contribution >= 4 is 23.5 Å². The van der Waals surface area contributed by atoms with E-state index < -0.39 is 0 Å². The lowest BCUT2D eigenvalue weighted by Gasteiger charge is -2.20. The van der Waals surface area contributed by atoms with Gasteiger partial charge in [0, 0.05) is 43.3 Å². The number of hydrogen-bond acceptors (Lipinski definition) is 6. The summed E-state index contributed by atoms with van der Waals surface area (Å²) < 4.78 is 5.97. The fourth-order valence-corrected chi connectivity index (χ4v) is 4.57. The van der Waals surface area contributed by atoms with E-state index in [0.717, 1.165) is 42.4 Å². The Kier molecular flexibility index (Phi) is 5.77. The SMILES string of the molecule is O=C(NCc1cccnc1N1CCCC1)c1cccnc1OC1CCSC1. The Labute approximate surface area is 163 Å². The quantitative estimate of drug-likeness (QED) is 0.826. The Hall–Kier alpha value is -2.28. The van der Waals surface area contributed by atoms with Gasteiger partial charge in [-0.1, -0.05) is 6.07 Å². The first-order valence-corrected chi connectivity index (χ1v) is 10.6. The molecule has 2 saturated heterocycles. The van der Waals surface area contributed by atoms with Crippen LogP contribution in [-0.4, -0.2) is 46.6 Å². The molecule has 2 aromatic rings. The van der Waals surface area contributed by atoms with Crippen molar-refractivity contribution in [2.75, 3.05) is 29.5 Å². The van der Waals surface area contributed by atoms with Crippen LogP contribution in [0.25, 0.3) is 0 Å². The molecule has 1 atom stereocenters. The van der Waals surface area contributed by atoms with Gasteiger partial charge in [0.25, 0.3) is 5.91 Å². The molecule has 0 radical (unpaired) electrons. The molecule has 4 rings (SSSR count). The molecular weight excluding hydrogens is 360 g/mol. The molecule has 1 unspecified atom stereocenters. The number of pyridine rings is 2. The molecule has 27 heavy (non-hydrogen) atoms. The lowest BCUT2D eigenvalue weighted by molar-refractivity contribution is 0.0943. The maximum absolute atomic E-state index is 12.8. The molecule has 2 aliphatic heterocycles. The van der Waals surface area contributed by atoms with Crippen molar-refractivity contribution in [2.24, 2.45) is 0 Å². The zero-order chi connectivity index (χ0) is 18.5. The summed E-state index contributed by atoms with van der Waals surface area (Å²) in [7, 11) is 0. The van der Waals surface area contributed by atoms with Crippen molar-refractivity contribution in [1.29, 1.82) is 0 Å². The van der Waals surface area contributed by atoms with Gasteiger partial charge in [-0.05, 0) is 43.2 Å². The Bertz CT molecular complexity index is 789. The zero-order valence-corrected chi connectivity index (χ0v) is 16.1. The van der Waals surface area contributed by atoms with Crippen molar-refractivity contribution in [3.63, 3.8) is 0 Å². The summed E-state index contributed by atoms with van der Waals surface area (Å²) in [6.45, 7) is 2.49. The van der Waals surface area contributed by atoms with Crippen LogP contribution in [0.2, 0.25) is 0 Å². The lowest BCUT2D eigenvalue weighted by Crippen LogP contribution is -2.27. The summed E-state index contributed by atoms with van der Waals surface area (Å²) in [5.41, 5.74) is 1.52. The molecule has 0 spiro atoms. The molecular formula is C20H24N4O2S. The van der Waals surface area contributed by atoms with E-state index in [2.05, 4.69) is 20.2 Å². The zero-order valence-electron chi connectivity index (χ0n) is 15.3. The van der Waals surface area contributed by atoms with Gasteiger partial charge in [0.15, 0.2) is 0 Å². The van der Waals surface area contributed by atoms with Crippen LogP contribution in [-0.2, 0) is 6.54 Å². The summed E-state index contributed by atoms with van der Waals surface area (Å²) in [5.74, 6) is 3.28. The van der Waals surface area contributed by atoms with Gasteiger partial charge in [-0.25, -0.2) is 9.97 Å². The molecule has 142 valence electrons. The maximum Gasteiger partial charge on any atom is 0.257 e. The molecule has 2 aromatic heterocycles. The number of hydrogen-bond donors (Lipinski definition) is 1. The van der Waals surface area contributed by atoms with Gasteiger partial charge in [0.2, 0.25) is 5.88 Å². The summed E-state index contributed by atoms with van der Waals surface area (Å²) in [6, 6.07) is 7.48. The van der Waals surface area contributed by atoms with Crippen molar-refractivity contribution in [1.82, 2.24) is 15.3 Å². The molecule has 0 saturated carbocycles. The maximum atomic E-state index is 12.8. The van der Waals surface area contributed by atoms with E-state index in [1.165, 1.54) is 12.8 Å². The first-order valence-electron chi connectivity index (χ1n) is 9.48. The predicted molar refractivity (Wildman–Crippen MR) is 107 cm³/mol. The van der Waals surface area contributed by atoms with Crippen LogP contribution >= 0.6 is 11.8 Å². The molecule has 0 bridgehead atoms. The third-order valence-corrected chi connectivity index (χ3v) is 6.03. The van der Waals surface area contributed by atoms with Crippen molar-refractivity contribution < 1.29 is 9.53 Å². The first-order chi connectivity index (χ1) is 13.3. The summed E-state index contributed by atoms with van der Waals surface area (Å²) >= 11 is 1.87. The van der Waals surface area contributed by atoms with E-state index in [-0.39, 0.29) is 12.0 Å². The predicted octanol–water partition coefficient (Wildman–Crippen LogP) is 2.89. The van der Waals surface area contributed by atoms with Crippen LogP contribution in [0.4, 0.5) is 5.82 Å². The molecule has 2 fully saturated rings. The average molecular weight is 385 g/mol. The number of carbonyl (C=O) groups is 1. The van der Waals surface area contributed by atoms with E-state index in [9.17, 15) is 4.79 Å². The lowest BCUT2D eigenvalue weighted by atomic mass is 10.2. The van der Waals surface area contributed by atoms with Gasteiger partial charge in [-0.2, -0.15) is 11.8 Å². The minimum absolute atomic E-state index is 0.136. The molecule has 0 aliphatic carbocycles. The highest BCUT2D eigenvalue weighted by atomic mass is 32.2. The van der Waals surface area contributed by atoms with Crippen molar-refractivity contribution in [3.8, 4) is 5.88 Å². The molecule has 1 N–H and O–H groups in total. The highest BCUT2D eigenvalue weighted by Crippen LogP contribution is 2.25. The second-order valence-corrected chi connectivity index (χ2v) is 7.97. The summed E-state index contributed by atoms with van der Waals surface area (Å²) in [4.78, 5) is 23.9. The molecule has 7 heteroatoms. The smallest absolute Gasteiger partial charge is 0.257 e. The Morgan fingerprint density at radius 2 is 2.04 bits per heavy atom. The standard InChI is InChI=1S/C20H24N4O2S/c25-19(17-6-4-9-22-20(17)26-16-7-12-27-14-16)23-13-15-5-3-8-21-18(15)24-10-1-2-11-24/h3-6,8-9,16H,1-2,7,10-14H2,(H,23,25). The van der Waals surface area contributed by atoms with Gasteiger partial charge in [0.05, 0.1) is 0 Å². The van der Waals surface area contributed by atoms with Gasteiger partial charge < -0.3 is 15.0 Å². The number of rotatable bonds is 6. The minimum Gasteiger partial charge on any atom is -0.473 e. The van der Waals surface area contributed by atoms with E-state index in [1.807, 2.05) is 30.1 Å². The Morgan fingerprint density at radius 1 is 1.22 bits per heavy atom. The van der Waals surface area contributed by atoms with Gasteiger partial charge in [0.1, 0.15) is 17.5 Å². The van der Waals surface area contributed by atoms with Crippen LogP contribution < -0.4 is 15.0 Å². The Morgan fingerprint density at radius 3 is 2.85 bits per heavy atom. The number of carbonyl (C=O) groups excluding carboxylic acids is 1. The van der Waals surface area contributed by atoms with Crippen LogP contribution in [0, 0.1) is 0 Å². The highest BCUT2D eigenvalue weighted by Gasteiger charge is 2.22. The summed E-state index contributed by atoms with van der Waals surface area (Å²) in [6.07, 6.45) is 7.00. The van der Waals surface area contributed by atoms with E-state index in [4.69, 9.17) is 4.74 Å². The van der Waals surface area contributed by atoms with E-state index in [0.29, 0.717) is 18.0 Å². The fourth-order valence-electron chi connectivity index (χ4n) is 3.47. The third-order valence-electron chi connectivity index (χ3n) is 4.89. The van der Waals surface area contributed by atoms with E-state index >= 15 is 0 Å². The fraction of sp³-hybridized carbons (Fsp3) is 0.450. The van der Waals surface area contributed by atoms with Crippen LogP contribution in [0.1, 0.15) is 35.2 Å². The number of ether oxygens (including phenoxy) is 1. The second-order valence-electron chi connectivity index (χ2n) is 6.82. The van der Waals surface area contributed by atoms with Crippen LogP contribution in [0.5, 0.6) is 5.88 Å². The van der Waals surface area contributed by atoms with Crippen LogP contribution in [0.15, 0.2) is 36.7 Å². The normalized spacial score (nSPS) is 19.3. The van der Waals surface area contributed by atoms with Gasteiger partial charge in [-0.15, -0.1) is 0 Å². The monoisotopic (exact) mass is 384 g/mol. The van der Waals surface area contributed by atoms with Gasteiger partial charge >= 0.3 is 0 Å². The van der Waals surface area contributed by atoms with Gasteiger partial charge in [-0.3, -0.25) is 4.79 Å². The highest BCUT2D eigenvalue weighted by molar-refractivity contribution is 7.99. The van der Waals surface area contributed by atoms with E-state index in [1.54, 1.807) is 18.3 Å². The molecule has 6 nitrogen and oxygen atoms in total. The molecule has 2 aliphatic rings. The second kappa shape index (κ2) is 8.61. The average Bonchev–Trinajstić information content (AvgIpc) is 3.41. The number of anilines is 1. The number of nitrogens with zero attached hydrogens (tertiary/aromatic N) is 3. The number of nitrogens with one attached hydrogen (secondary N) is 1. The Balaban J connectivity index is 1.44. The third kappa shape index (κ3) is 4.35. The number of thioether (sulfide) groups is 1. The number of aromatic nitrogens is 2. The first kappa shape index (κ1) is 18.1. The van der Waals surface area contributed by atoms with Crippen LogP contribution in [0.3, 0.4) is 0 Å².